The minimum absolute atomic E-state index is 0.103. The van der Waals surface area contributed by atoms with Crippen LogP contribution in [0.25, 0.3) is 0 Å². The Balaban J connectivity index is 2.09. The zero-order valence-corrected chi connectivity index (χ0v) is 18.0. The molecule has 1 aromatic heterocycles. The second-order valence-corrected chi connectivity index (χ2v) is 12.1. The first-order chi connectivity index (χ1) is 14.0. The van der Waals surface area contributed by atoms with Gasteiger partial charge in [0.05, 0.1) is 6.61 Å². The number of nitrogens with one attached hydrogen (secondary N) is 1. The van der Waals surface area contributed by atoms with E-state index in [1.165, 1.54) is 16.7 Å². The lowest BCUT2D eigenvalue weighted by atomic mass is 10.2. The lowest BCUT2D eigenvalue weighted by Crippen LogP contribution is -2.66. The van der Waals surface area contributed by atoms with E-state index >= 15 is 0 Å². The fraction of sp³-hybridized carbons (Fsp3) is 0.217. The molecule has 5 nitrogen and oxygen atoms in total. The Bertz CT molecular complexity index is 902. The van der Waals surface area contributed by atoms with Crippen LogP contribution in [0.5, 0.6) is 0 Å². The number of hydroxylamine groups is 1. The topological polar surface area (TPSA) is 66.7 Å². The summed E-state index contributed by atoms with van der Waals surface area (Å²) in [4.78, 5) is 8.48. The van der Waals surface area contributed by atoms with Crippen LogP contribution in [-0.2, 0) is 11.0 Å². The first-order valence-corrected chi connectivity index (χ1v) is 11.5. The Kier molecular flexibility index (Phi) is 6.59. The molecule has 0 radical (unpaired) electrons. The van der Waals surface area contributed by atoms with Crippen molar-refractivity contribution in [1.29, 1.82) is 0 Å². The molecule has 0 unspecified atom stereocenters. The van der Waals surface area contributed by atoms with Crippen molar-refractivity contribution in [2.24, 2.45) is 4.99 Å². The molecule has 0 amide bonds. The van der Waals surface area contributed by atoms with Gasteiger partial charge in [-0.15, -0.1) is 0 Å². The van der Waals surface area contributed by atoms with Crippen molar-refractivity contribution in [2.75, 3.05) is 0 Å². The summed E-state index contributed by atoms with van der Waals surface area (Å²) < 4.78 is 6.92. The minimum atomic E-state index is -2.63. The number of pyridine rings is 1. The number of nitrogens with zero attached hydrogens (tertiary/aromatic N) is 2. The molecule has 3 rings (SSSR count). The van der Waals surface area contributed by atoms with Crippen LogP contribution in [-0.4, -0.2) is 24.8 Å². The minimum Gasteiger partial charge on any atom is -0.403 e. The molecule has 3 aromatic rings. The highest BCUT2D eigenvalue weighted by Gasteiger charge is 2.50. The number of aliphatic imine (C=N–C) groups is 1. The fourth-order valence-electron chi connectivity index (χ4n) is 3.70. The highest BCUT2D eigenvalue weighted by atomic mass is 28.4. The van der Waals surface area contributed by atoms with Gasteiger partial charge in [0.25, 0.3) is 8.32 Å². The van der Waals surface area contributed by atoms with Crippen LogP contribution < -0.4 is 15.9 Å². The zero-order valence-electron chi connectivity index (χ0n) is 17.0. The summed E-state index contributed by atoms with van der Waals surface area (Å²) in [5, 5.41) is 11.2. The summed E-state index contributed by atoms with van der Waals surface area (Å²) in [5.74, 6) is 0.520. The summed E-state index contributed by atoms with van der Waals surface area (Å²) in [6.07, 6.45) is 2.88. The Morgan fingerprint density at radius 3 is 2.07 bits per heavy atom. The van der Waals surface area contributed by atoms with E-state index in [0.717, 1.165) is 5.56 Å². The van der Waals surface area contributed by atoms with E-state index in [2.05, 4.69) is 79.3 Å². The Labute approximate surface area is 173 Å². The largest absolute Gasteiger partial charge is 0.403 e. The van der Waals surface area contributed by atoms with E-state index in [9.17, 15) is 0 Å². The average molecular weight is 406 g/mol. The summed E-state index contributed by atoms with van der Waals surface area (Å²) in [6.45, 7) is 7.12. The maximum Gasteiger partial charge on any atom is 0.261 e. The lowest BCUT2D eigenvalue weighted by molar-refractivity contribution is 0.240. The molecule has 0 fully saturated rings. The molecule has 1 heterocycles. The molecular formula is C23H27N3O2Si. The van der Waals surface area contributed by atoms with E-state index in [4.69, 9.17) is 9.63 Å². The maximum absolute atomic E-state index is 8.83. The summed E-state index contributed by atoms with van der Waals surface area (Å²) in [6, 6.07) is 24.9. The molecule has 0 saturated carbocycles. The summed E-state index contributed by atoms with van der Waals surface area (Å²) in [7, 11) is -2.63. The van der Waals surface area contributed by atoms with Crippen LogP contribution in [0.3, 0.4) is 0 Å². The second kappa shape index (κ2) is 9.13. The van der Waals surface area contributed by atoms with E-state index in [1.54, 1.807) is 6.20 Å². The number of rotatable bonds is 7. The molecule has 0 aliphatic heterocycles. The van der Waals surface area contributed by atoms with E-state index < -0.39 is 8.32 Å². The molecule has 2 aromatic carbocycles. The predicted octanol–water partition coefficient (Wildman–Crippen LogP) is 3.80. The molecule has 29 heavy (non-hydrogen) atoms. The Hall–Kier alpha value is -2.80. The molecule has 0 aliphatic rings. The van der Waals surface area contributed by atoms with Crippen molar-refractivity contribution in [3.05, 3.63) is 84.6 Å². The highest BCUT2D eigenvalue weighted by molar-refractivity contribution is 6.99. The van der Waals surface area contributed by atoms with Crippen LogP contribution >= 0.6 is 0 Å². The Morgan fingerprint density at radius 1 is 0.966 bits per heavy atom. The van der Waals surface area contributed by atoms with E-state index in [0.29, 0.717) is 12.4 Å². The lowest BCUT2D eigenvalue weighted by Gasteiger charge is -2.43. The zero-order chi connectivity index (χ0) is 20.7. The predicted molar refractivity (Wildman–Crippen MR) is 120 cm³/mol. The van der Waals surface area contributed by atoms with Crippen molar-refractivity contribution < 1.29 is 9.63 Å². The van der Waals surface area contributed by atoms with Crippen LogP contribution in [0.4, 0.5) is 5.82 Å². The fourth-order valence-corrected chi connectivity index (χ4v) is 8.22. The highest BCUT2D eigenvalue weighted by Crippen LogP contribution is 2.37. The molecule has 0 saturated heterocycles. The van der Waals surface area contributed by atoms with Gasteiger partial charge in [0.2, 0.25) is 0 Å². The Morgan fingerprint density at radius 2 is 1.55 bits per heavy atom. The van der Waals surface area contributed by atoms with Gasteiger partial charge in [0, 0.05) is 11.8 Å². The van der Waals surface area contributed by atoms with Crippen LogP contribution in [0, 0.1) is 0 Å². The molecule has 0 atom stereocenters. The van der Waals surface area contributed by atoms with Gasteiger partial charge in [-0.3, -0.25) is 10.7 Å². The van der Waals surface area contributed by atoms with Gasteiger partial charge in [-0.25, -0.2) is 9.98 Å². The number of hydrogen-bond donors (Lipinski definition) is 2. The van der Waals surface area contributed by atoms with Crippen LogP contribution in [0.2, 0.25) is 5.04 Å². The van der Waals surface area contributed by atoms with Crippen molar-refractivity contribution in [3.8, 4) is 0 Å². The van der Waals surface area contributed by atoms with Crippen molar-refractivity contribution in [2.45, 2.75) is 32.4 Å². The second-order valence-electron chi connectivity index (χ2n) is 7.83. The molecule has 2 N–H and O–H groups in total. The first-order valence-electron chi connectivity index (χ1n) is 9.60. The van der Waals surface area contributed by atoms with Gasteiger partial charge < -0.3 is 4.43 Å². The van der Waals surface area contributed by atoms with Gasteiger partial charge in [0.1, 0.15) is 6.34 Å². The molecule has 0 bridgehead atoms. The van der Waals surface area contributed by atoms with Crippen molar-refractivity contribution in [3.63, 3.8) is 0 Å². The monoisotopic (exact) mass is 405 g/mol. The van der Waals surface area contributed by atoms with Crippen LogP contribution in [0.1, 0.15) is 26.3 Å². The third-order valence-electron chi connectivity index (χ3n) is 4.97. The molecule has 0 aliphatic carbocycles. The van der Waals surface area contributed by atoms with Crippen molar-refractivity contribution in [1.82, 2.24) is 10.5 Å². The van der Waals surface area contributed by atoms with Gasteiger partial charge in [-0.05, 0) is 21.5 Å². The number of benzene rings is 2. The first kappa shape index (κ1) is 20.9. The maximum atomic E-state index is 8.83. The molecule has 0 spiro atoms. The summed E-state index contributed by atoms with van der Waals surface area (Å²) in [5.41, 5.74) is 2.80. The van der Waals surface area contributed by atoms with Gasteiger partial charge in [-0.2, -0.15) is 0 Å². The molecular weight excluding hydrogens is 378 g/mol. The summed E-state index contributed by atoms with van der Waals surface area (Å²) >= 11 is 0. The smallest absolute Gasteiger partial charge is 0.261 e. The number of aromatic nitrogens is 1. The normalized spacial score (nSPS) is 12.3. The van der Waals surface area contributed by atoms with Crippen LogP contribution in [0.15, 0.2) is 84.0 Å². The van der Waals surface area contributed by atoms with E-state index in [-0.39, 0.29) is 5.04 Å². The van der Waals surface area contributed by atoms with Crippen molar-refractivity contribution >= 4 is 30.8 Å². The third kappa shape index (κ3) is 4.45. The van der Waals surface area contributed by atoms with Gasteiger partial charge >= 0.3 is 0 Å². The SMILES string of the molecule is CC(C)(C)[Si](OCc1cccnc1/N=C\NO)(c1ccccc1)c1ccccc1. The number of hydrogen-bond acceptors (Lipinski definition) is 4. The molecule has 150 valence electrons. The van der Waals surface area contributed by atoms with E-state index in [1.807, 2.05) is 29.7 Å². The third-order valence-corrected chi connectivity index (χ3v) is 9.96. The van der Waals surface area contributed by atoms with Gasteiger partial charge in [-0.1, -0.05) is 87.5 Å². The van der Waals surface area contributed by atoms with Gasteiger partial charge in [0.15, 0.2) is 5.82 Å². The molecule has 6 heteroatoms. The average Bonchev–Trinajstić information content (AvgIpc) is 2.74. The quantitative estimate of drug-likeness (QED) is 0.272. The standard InChI is InChI=1S/C23H27N3O2Si/c1-23(2,3)29(20-12-6-4-7-13-20,21-14-8-5-9-15-21)28-17-19-11-10-16-24-22(19)25-18-26-27/h4-16,18,27H,17H2,1-3H3,(H,24,25,26).